The fourth-order valence-electron chi connectivity index (χ4n) is 3.93. The fraction of sp³-hybridized carbons (Fsp3) is 1.00. The van der Waals surface area contributed by atoms with Crippen LogP contribution in [-0.4, -0.2) is 30.2 Å². The molecule has 0 aromatic heterocycles. The Kier molecular flexibility index (Phi) is 12.5. The highest BCUT2D eigenvalue weighted by atomic mass is 35.6. The van der Waals surface area contributed by atoms with Crippen LogP contribution in [-0.2, 0) is 0 Å². The molecule has 0 saturated heterocycles. The lowest BCUT2D eigenvalue weighted by atomic mass is 10.5. The van der Waals surface area contributed by atoms with E-state index >= 15 is 0 Å². The van der Waals surface area contributed by atoms with Gasteiger partial charge in [0, 0.05) is 0 Å². The van der Waals surface area contributed by atoms with Gasteiger partial charge in [0.15, 0.2) is 0 Å². The molecule has 0 aliphatic rings. The standard InChI is InChI=1S/C18H43Cl3Si4/c1-8-12-25(16-9-13-22(2,3)19,17-10-14-23(4,5)20)18-11-15-24(6,7)21/h8-18H2,1-7H3. The SMILES string of the molecule is CCC[Si](CCC[Si](C)(C)Cl)(CCC[Si](C)(C)Cl)CCC[Si](C)(C)Cl. The molecular formula is C18H43Cl3Si4. The Morgan fingerprint density at radius 2 is 0.760 bits per heavy atom. The van der Waals surface area contributed by atoms with E-state index < -0.39 is 30.2 Å². The first-order valence-electron chi connectivity index (χ1n) is 10.2. The van der Waals surface area contributed by atoms with E-state index in [0.717, 1.165) is 0 Å². The van der Waals surface area contributed by atoms with E-state index in [9.17, 15) is 0 Å². The minimum Gasteiger partial charge on any atom is -0.168 e. The minimum atomic E-state index is -1.44. The number of hydrogen-bond donors (Lipinski definition) is 0. The first kappa shape index (κ1) is 26.7. The zero-order chi connectivity index (χ0) is 19.8. The summed E-state index contributed by atoms with van der Waals surface area (Å²) in [5.41, 5.74) is 0. The van der Waals surface area contributed by atoms with E-state index in [1.54, 1.807) is 0 Å². The van der Waals surface area contributed by atoms with Crippen LogP contribution in [0.3, 0.4) is 0 Å². The molecule has 0 N–H and O–H groups in total. The summed E-state index contributed by atoms with van der Waals surface area (Å²) in [6.45, 7) is 16.1. The van der Waals surface area contributed by atoms with Gasteiger partial charge in [-0.1, -0.05) is 96.1 Å². The van der Waals surface area contributed by atoms with E-state index in [-0.39, 0.29) is 0 Å². The van der Waals surface area contributed by atoms with Crippen molar-refractivity contribution in [1.82, 2.24) is 0 Å². The van der Waals surface area contributed by atoms with Gasteiger partial charge < -0.3 is 0 Å². The molecule has 0 spiro atoms. The Balaban J connectivity index is 4.90. The predicted molar refractivity (Wildman–Crippen MR) is 134 cm³/mol. The second-order valence-electron chi connectivity index (χ2n) is 9.97. The summed E-state index contributed by atoms with van der Waals surface area (Å²) in [7, 11) is -5.51. The maximum absolute atomic E-state index is 6.60. The molecule has 0 atom stereocenters. The van der Waals surface area contributed by atoms with Crippen LogP contribution in [0.5, 0.6) is 0 Å². The summed E-state index contributed by atoms with van der Waals surface area (Å²) in [6.07, 6.45) is 5.42. The van der Waals surface area contributed by atoms with Crippen LogP contribution in [0.25, 0.3) is 0 Å². The van der Waals surface area contributed by atoms with Crippen molar-refractivity contribution in [3.8, 4) is 0 Å². The van der Waals surface area contributed by atoms with E-state index in [4.69, 9.17) is 33.2 Å². The summed E-state index contributed by atoms with van der Waals surface area (Å²) in [4.78, 5) is 0. The second-order valence-corrected chi connectivity index (χ2v) is 36.0. The molecule has 0 radical (unpaired) electrons. The molecule has 7 heteroatoms. The Hall–Kier alpha value is 1.74. The summed E-state index contributed by atoms with van der Waals surface area (Å²) in [5.74, 6) is 0. The van der Waals surface area contributed by atoms with Gasteiger partial charge in [-0.2, -0.15) is 33.2 Å². The molecule has 0 heterocycles. The monoisotopic (exact) mass is 476 g/mol. The topological polar surface area (TPSA) is 0 Å². The second kappa shape index (κ2) is 11.7. The van der Waals surface area contributed by atoms with Crippen LogP contribution in [0, 0.1) is 0 Å². The van der Waals surface area contributed by atoms with Gasteiger partial charge in [-0.25, -0.2) is 0 Å². The summed E-state index contributed by atoms with van der Waals surface area (Å²) >= 11 is 19.8. The van der Waals surface area contributed by atoms with E-state index in [2.05, 4.69) is 46.2 Å². The predicted octanol–water partition coefficient (Wildman–Crippen LogP) is 9.35. The summed E-state index contributed by atoms with van der Waals surface area (Å²) in [6, 6.07) is 9.77. The molecule has 0 unspecified atom stereocenters. The lowest BCUT2D eigenvalue weighted by Gasteiger charge is -2.34. The van der Waals surface area contributed by atoms with Gasteiger partial charge in [-0.05, 0) is 18.1 Å². The molecule has 0 amide bonds. The zero-order valence-corrected chi connectivity index (χ0v) is 24.2. The maximum Gasteiger partial charge on any atom is 0.150 e. The van der Waals surface area contributed by atoms with Crippen LogP contribution in [0.4, 0.5) is 0 Å². The molecule has 25 heavy (non-hydrogen) atoms. The Labute approximate surface area is 176 Å². The molecule has 0 fully saturated rings. The van der Waals surface area contributed by atoms with Crippen LogP contribution < -0.4 is 0 Å². The van der Waals surface area contributed by atoms with Crippen molar-refractivity contribution >= 4 is 63.5 Å². The van der Waals surface area contributed by atoms with Gasteiger partial charge in [-0.3, -0.25) is 0 Å². The van der Waals surface area contributed by atoms with Gasteiger partial charge in [0.25, 0.3) is 0 Å². The maximum atomic E-state index is 6.60. The van der Waals surface area contributed by atoms with Crippen molar-refractivity contribution < 1.29 is 0 Å². The van der Waals surface area contributed by atoms with Crippen molar-refractivity contribution in [3.05, 3.63) is 0 Å². The van der Waals surface area contributed by atoms with Gasteiger partial charge in [0.05, 0.1) is 8.07 Å². The zero-order valence-electron chi connectivity index (χ0n) is 17.9. The van der Waals surface area contributed by atoms with Gasteiger partial charge in [0.1, 0.15) is 22.2 Å². The van der Waals surface area contributed by atoms with Gasteiger partial charge in [0.2, 0.25) is 0 Å². The highest BCUT2D eigenvalue weighted by Crippen LogP contribution is 2.36. The van der Waals surface area contributed by atoms with E-state index in [1.165, 1.54) is 68.0 Å². The highest BCUT2D eigenvalue weighted by Gasteiger charge is 2.33. The normalized spacial score (nSPS) is 14.2. The molecule has 152 valence electrons. The van der Waals surface area contributed by atoms with Crippen LogP contribution in [0.2, 0.25) is 81.6 Å². The molecule has 0 bridgehead atoms. The van der Waals surface area contributed by atoms with Crippen molar-refractivity contribution in [2.45, 2.75) is 114 Å². The third-order valence-corrected chi connectivity index (χ3v) is 17.3. The number of rotatable bonds is 14. The Morgan fingerprint density at radius 3 is 0.960 bits per heavy atom. The first-order valence-corrected chi connectivity index (χ1v) is 25.7. The van der Waals surface area contributed by atoms with Crippen molar-refractivity contribution in [1.29, 1.82) is 0 Å². The number of hydrogen-bond acceptors (Lipinski definition) is 0. The smallest absolute Gasteiger partial charge is 0.150 e. The van der Waals surface area contributed by atoms with Crippen molar-refractivity contribution in [2.24, 2.45) is 0 Å². The molecule has 0 saturated carbocycles. The average Bonchev–Trinajstić information content (AvgIpc) is 2.34. The van der Waals surface area contributed by atoms with E-state index in [0.29, 0.717) is 0 Å². The highest BCUT2D eigenvalue weighted by molar-refractivity contribution is 7.19. The van der Waals surface area contributed by atoms with Crippen LogP contribution >= 0.6 is 33.2 Å². The lowest BCUT2D eigenvalue weighted by molar-refractivity contribution is 0.870. The van der Waals surface area contributed by atoms with Crippen LogP contribution in [0.1, 0.15) is 32.6 Å². The lowest BCUT2D eigenvalue weighted by Crippen LogP contribution is -2.35. The molecule has 0 nitrogen and oxygen atoms in total. The van der Waals surface area contributed by atoms with Crippen molar-refractivity contribution in [2.75, 3.05) is 0 Å². The largest absolute Gasteiger partial charge is 0.168 e. The molecule has 0 aliphatic heterocycles. The van der Waals surface area contributed by atoms with Gasteiger partial charge in [-0.15, -0.1) is 0 Å². The third kappa shape index (κ3) is 16.4. The average molecular weight is 478 g/mol. The van der Waals surface area contributed by atoms with Crippen LogP contribution in [0.15, 0.2) is 0 Å². The number of halogens is 3. The van der Waals surface area contributed by atoms with Crippen molar-refractivity contribution in [3.63, 3.8) is 0 Å². The van der Waals surface area contributed by atoms with E-state index in [1.807, 2.05) is 0 Å². The minimum absolute atomic E-state index is 1.20. The molecule has 0 aromatic rings. The molecular weight excluding hydrogens is 435 g/mol. The Bertz CT molecular complexity index is 306. The van der Waals surface area contributed by atoms with Gasteiger partial charge >= 0.3 is 0 Å². The fourth-order valence-corrected chi connectivity index (χ4v) is 14.6. The quantitative estimate of drug-likeness (QED) is 0.172. The summed E-state index contributed by atoms with van der Waals surface area (Å²) < 4.78 is 0. The molecule has 0 rings (SSSR count). The Morgan fingerprint density at radius 1 is 0.480 bits per heavy atom. The third-order valence-electron chi connectivity index (χ3n) is 5.22. The summed E-state index contributed by atoms with van der Waals surface area (Å²) in [5, 5.41) is 0. The molecule has 0 aromatic carbocycles. The molecule has 0 aliphatic carbocycles. The first-order chi connectivity index (χ1) is 11.2.